The number of ether oxygens (including phenoxy) is 1. The van der Waals surface area contributed by atoms with Crippen molar-refractivity contribution in [3.05, 3.63) is 69.8 Å². The second kappa shape index (κ2) is 19.5. The van der Waals surface area contributed by atoms with Gasteiger partial charge in [0, 0.05) is 37.7 Å². The summed E-state index contributed by atoms with van der Waals surface area (Å²) in [6.45, 7) is 17.1. The monoisotopic (exact) mass is 753 g/mol. The number of rotatable bonds is 14. The number of nitrogens with zero attached hydrogens (tertiary/aromatic N) is 3. The molecule has 298 valence electrons. The van der Waals surface area contributed by atoms with Gasteiger partial charge < -0.3 is 14.7 Å². The van der Waals surface area contributed by atoms with Crippen LogP contribution in [0.3, 0.4) is 0 Å². The molecule has 0 saturated heterocycles. The van der Waals surface area contributed by atoms with Crippen molar-refractivity contribution in [2.75, 3.05) is 26.8 Å². The summed E-state index contributed by atoms with van der Waals surface area (Å²) in [5.74, 6) is -2.16. The summed E-state index contributed by atoms with van der Waals surface area (Å²) in [7, 11) is 2.05. The predicted molar refractivity (Wildman–Crippen MR) is 203 cm³/mol. The zero-order valence-corrected chi connectivity index (χ0v) is 32.7. The van der Waals surface area contributed by atoms with Crippen molar-refractivity contribution in [2.24, 2.45) is 33.2 Å². The normalized spacial score (nSPS) is 22.8. The van der Waals surface area contributed by atoms with Crippen molar-refractivity contribution < 1.29 is 36.2 Å². The average molecular weight is 754 g/mol. The summed E-state index contributed by atoms with van der Waals surface area (Å²) in [6.07, 6.45) is 2.40. The second-order valence-corrected chi connectivity index (χ2v) is 15.6. The van der Waals surface area contributed by atoms with E-state index in [0.717, 1.165) is 61.9 Å². The van der Waals surface area contributed by atoms with Crippen molar-refractivity contribution in [1.82, 2.24) is 4.90 Å². The number of halogens is 6. The fraction of sp³-hybridized carbons (Fsp3) is 0.667. The van der Waals surface area contributed by atoms with E-state index in [2.05, 4.69) is 63.3 Å². The summed E-state index contributed by atoms with van der Waals surface area (Å²) in [4.78, 5) is 9.76. The Hall–Kier alpha value is -3.08. The summed E-state index contributed by atoms with van der Waals surface area (Å²) in [6, 6.07) is 4.47. The van der Waals surface area contributed by atoms with Gasteiger partial charge >= 0.3 is 6.18 Å². The quantitative estimate of drug-likeness (QED) is 0.117. The van der Waals surface area contributed by atoms with Gasteiger partial charge in [0.15, 0.2) is 11.9 Å². The van der Waals surface area contributed by atoms with Gasteiger partial charge in [0.05, 0.1) is 30.6 Å². The van der Waals surface area contributed by atoms with E-state index in [1.165, 1.54) is 23.9 Å². The predicted octanol–water partition coefficient (Wildman–Crippen LogP) is 11.7. The Kier molecular flexibility index (Phi) is 16.3. The van der Waals surface area contributed by atoms with Gasteiger partial charge in [-0.05, 0) is 104 Å². The number of benzene rings is 1. The molecule has 0 radical (unpaired) electrons. The highest BCUT2D eigenvalue weighted by Crippen LogP contribution is 2.56. The number of alkyl halides is 6. The molecule has 53 heavy (non-hydrogen) atoms. The Morgan fingerprint density at radius 2 is 1.66 bits per heavy atom. The maximum absolute atomic E-state index is 17.2. The fourth-order valence-corrected chi connectivity index (χ4v) is 8.65. The molecule has 11 heteroatoms. The third-order valence-corrected chi connectivity index (χ3v) is 10.8. The standard InChI is InChI=1S/C34H47F6N.C8H14N2O2/c1-7-9-24(10-8-2)31-29(30(35)23-11-13-25(14-12-23)34(38,39)40)28(22-15-17-33(36,37)18-16-22)27-21(3)19-32(4,5)20-26(27)41(31)6;1-3-10-7-8(6-9-2)12-5-4-11/h11-14,21-22,24,26,30H,7-10,15-20H2,1-6H3;6-7,11H,2-5H2,1H3/b;8-6+,10-7?. The molecule has 0 amide bonds. The molecule has 3 aliphatic rings. The Morgan fingerprint density at radius 3 is 2.17 bits per heavy atom. The second-order valence-electron chi connectivity index (χ2n) is 15.6. The van der Waals surface area contributed by atoms with E-state index < -0.39 is 23.8 Å². The van der Waals surface area contributed by atoms with E-state index in [4.69, 9.17) is 9.84 Å². The van der Waals surface area contributed by atoms with Gasteiger partial charge in [0.2, 0.25) is 5.92 Å². The van der Waals surface area contributed by atoms with Crippen molar-refractivity contribution in [3.63, 3.8) is 0 Å². The molecule has 0 bridgehead atoms. The van der Waals surface area contributed by atoms with Crippen LogP contribution in [0.1, 0.15) is 123 Å². The Morgan fingerprint density at radius 1 is 1.06 bits per heavy atom. The number of aliphatic hydroxyl groups is 1. The van der Waals surface area contributed by atoms with Gasteiger partial charge in [-0.15, -0.1) is 0 Å². The number of aliphatic imine (C=N–C) groups is 2. The Bertz CT molecular complexity index is 1450. The maximum Gasteiger partial charge on any atom is 0.416 e. The molecule has 4 rings (SSSR count). The van der Waals surface area contributed by atoms with Crippen molar-refractivity contribution >= 4 is 12.9 Å². The van der Waals surface area contributed by atoms with Crippen molar-refractivity contribution in [1.29, 1.82) is 0 Å². The maximum atomic E-state index is 17.2. The van der Waals surface area contributed by atoms with Crippen LogP contribution >= 0.6 is 0 Å². The molecule has 1 N–H and O–H groups in total. The third kappa shape index (κ3) is 11.7. The number of likely N-dealkylation sites (N-methyl/N-ethyl adjacent to an activating group) is 1. The van der Waals surface area contributed by atoms with Crippen molar-refractivity contribution in [2.45, 2.75) is 130 Å². The first-order chi connectivity index (χ1) is 24.9. The summed E-state index contributed by atoms with van der Waals surface area (Å²) < 4.78 is 91.0. The van der Waals surface area contributed by atoms with Gasteiger partial charge in [-0.2, -0.15) is 13.2 Å². The lowest BCUT2D eigenvalue weighted by Gasteiger charge is -2.53. The molecule has 1 aliphatic heterocycles. The SMILES string of the molecule is C=N/C=C(\C=NCC)OCCO.CCCC(CCC)C1=C(C(F)c2ccc(C(F)(F)F)cc2)C(C2CCC(F)(F)CC2)=C2C(C)CC(C)(C)CC2N1C. The Balaban J connectivity index is 0.000000541. The minimum absolute atomic E-state index is 0.0194. The molecule has 0 spiro atoms. The van der Waals surface area contributed by atoms with Crippen LogP contribution in [0.5, 0.6) is 0 Å². The molecule has 3 atom stereocenters. The fourth-order valence-electron chi connectivity index (χ4n) is 8.65. The molecular weight excluding hydrogens is 692 g/mol. The van der Waals surface area contributed by atoms with Gasteiger partial charge in [-0.3, -0.25) is 9.98 Å². The van der Waals surface area contributed by atoms with E-state index in [-0.39, 0.29) is 60.8 Å². The van der Waals surface area contributed by atoms with Crippen LogP contribution in [0.25, 0.3) is 0 Å². The van der Waals surface area contributed by atoms with E-state index in [1.54, 1.807) is 6.21 Å². The first-order valence-corrected chi connectivity index (χ1v) is 19.2. The van der Waals surface area contributed by atoms with Gasteiger partial charge in [0.1, 0.15) is 6.61 Å². The molecule has 2 saturated carbocycles. The summed E-state index contributed by atoms with van der Waals surface area (Å²) in [5.41, 5.74) is 3.01. The molecule has 2 aliphatic carbocycles. The average Bonchev–Trinajstić information content (AvgIpc) is 3.09. The number of allylic oxidation sites excluding steroid dienone is 4. The third-order valence-electron chi connectivity index (χ3n) is 10.8. The van der Waals surface area contributed by atoms with Crippen molar-refractivity contribution in [3.8, 4) is 0 Å². The number of hydrogen-bond acceptors (Lipinski definition) is 5. The highest BCUT2D eigenvalue weighted by Gasteiger charge is 2.48. The molecule has 3 unspecified atom stereocenters. The lowest BCUT2D eigenvalue weighted by atomic mass is 9.61. The number of aliphatic hydroxyl groups excluding tert-OH is 1. The van der Waals surface area contributed by atoms with E-state index in [9.17, 15) is 22.0 Å². The molecular formula is C42H61F6N3O2. The highest BCUT2D eigenvalue weighted by atomic mass is 19.4. The first kappa shape index (κ1) is 44.3. The van der Waals surface area contributed by atoms with Crippen LogP contribution in [0.2, 0.25) is 0 Å². The van der Waals surface area contributed by atoms with Gasteiger partial charge in [0.25, 0.3) is 0 Å². The van der Waals surface area contributed by atoms with Crippen LogP contribution in [-0.4, -0.2) is 61.7 Å². The Labute approximate surface area is 313 Å². The smallest absolute Gasteiger partial charge is 0.416 e. The molecule has 1 heterocycles. The van der Waals surface area contributed by atoms with E-state index >= 15 is 4.39 Å². The molecule has 2 fully saturated rings. The molecule has 0 aromatic heterocycles. The van der Waals surface area contributed by atoms with Crippen LogP contribution in [-0.2, 0) is 10.9 Å². The van der Waals surface area contributed by atoms with Crippen LogP contribution in [0.4, 0.5) is 26.3 Å². The molecule has 1 aromatic carbocycles. The van der Waals surface area contributed by atoms with Gasteiger partial charge in [-0.25, -0.2) is 13.2 Å². The summed E-state index contributed by atoms with van der Waals surface area (Å²) >= 11 is 0. The highest BCUT2D eigenvalue weighted by molar-refractivity contribution is 5.75. The minimum Gasteiger partial charge on any atom is -0.488 e. The topological polar surface area (TPSA) is 57.4 Å². The zero-order chi connectivity index (χ0) is 39.6. The van der Waals surface area contributed by atoms with Crippen LogP contribution in [0, 0.1) is 23.2 Å². The van der Waals surface area contributed by atoms with E-state index in [1.807, 2.05) is 6.92 Å². The van der Waals surface area contributed by atoms with E-state index in [0.29, 0.717) is 30.7 Å². The summed E-state index contributed by atoms with van der Waals surface area (Å²) in [5, 5.41) is 8.47. The van der Waals surface area contributed by atoms with Gasteiger partial charge in [-0.1, -0.05) is 59.6 Å². The number of hydrogen-bond donors (Lipinski definition) is 1. The lowest BCUT2D eigenvalue weighted by molar-refractivity contribution is -0.137. The van der Waals surface area contributed by atoms with Crippen LogP contribution in [0.15, 0.2) is 68.6 Å². The molecule has 5 nitrogen and oxygen atoms in total. The minimum atomic E-state index is -4.51. The molecule has 1 aromatic rings. The lowest BCUT2D eigenvalue weighted by Crippen LogP contribution is -2.48. The first-order valence-electron chi connectivity index (χ1n) is 19.2. The zero-order valence-electron chi connectivity index (χ0n) is 32.7. The number of fused-ring (bicyclic) bond motifs is 1. The largest absolute Gasteiger partial charge is 0.488 e. The van der Waals surface area contributed by atoms with Crippen LogP contribution < -0.4 is 0 Å².